The van der Waals surface area contributed by atoms with E-state index < -0.39 is 54.1 Å². The van der Waals surface area contributed by atoms with Crippen molar-refractivity contribution < 1.29 is 38.2 Å². The van der Waals surface area contributed by atoms with Gasteiger partial charge in [-0.05, 0) is 75.5 Å². The van der Waals surface area contributed by atoms with Crippen LogP contribution in [0.25, 0.3) is 0 Å². The molecule has 0 unspecified atom stereocenters. The van der Waals surface area contributed by atoms with Gasteiger partial charge in [0.1, 0.15) is 25.3 Å². The van der Waals surface area contributed by atoms with Gasteiger partial charge in [-0.3, -0.25) is 19.2 Å². The zero-order valence-electron chi connectivity index (χ0n) is 34.2. The molecule has 18 heteroatoms. The summed E-state index contributed by atoms with van der Waals surface area (Å²) in [6, 6.07) is 19.4. The highest BCUT2D eigenvalue weighted by atomic mass is 35.5. The van der Waals surface area contributed by atoms with Crippen LogP contribution in [0.3, 0.4) is 0 Å². The predicted octanol–water partition coefficient (Wildman–Crippen LogP) is 4.13. The Hall–Kier alpha value is -5.42. The number of hydrogen-bond donors (Lipinski definition) is 8. The van der Waals surface area contributed by atoms with Crippen molar-refractivity contribution in [3.8, 4) is 0 Å². The first-order chi connectivity index (χ1) is 29.3. The summed E-state index contributed by atoms with van der Waals surface area (Å²) in [7, 11) is 0. The Balaban J connectivity index is 1.40. The van der Waals surface area contributed by atoms with E-state index in [1.54, 1.807) is 72.8 Å². The molecule has 6 amide bonds. The lowest BCUT2D eigenvalue weighted by atomic mass is 10.0. The van der Waals surface area contributed by atoms with Crippen LogP contribution in [-0.2, 0) is 48.3 Å². The van der Waals surface area contributed by atoms with Crippen LogP contribution < -0.4 is 43.8 Å². The van der Waals surface area contributed by atoms with Crippen molar-refractivity contribution in [3.63, 3.8) is 0 Å². The summed E-state index contributed by atoms with van der Waals surface area (Å²) in [4.78, 5) is 75.7. The van der Waals surface area contributed by atoms with Crippen molar-refractivity contribution in [2.75, 3.05) is 19.6 Å². The Labute approximate surface area is 366 Å². The van der Waals surface area contributed by atoms with Gasteiger partial charge in [-0.2, -0.15) is 0 Å². The number of hydrogen-bond acceptors (Lipinski definition) is 10. The number of benzene rings is 3. The number of halogens is 2. The molecular weight excluding hydrogens is 827 g/mol. The lowest BCUT2D eigenvalue weighted by Crippen LogP contribution is -2.55. The minimum absolute atomic E-state index is 0.0236. The number of primary amides is 1. The van der Waals surface area contributed by atoms with Crippen LogP contribution in [0.1, 0.15) is 74.5 Å². The van der Waals surface area contributed by atoms with E-state index in [4.69, 9.17) is 49.9 Å². The quantitative estimate of drug-likeness (QED) is 0.0508. The first kappa shape index (κ1) is 49.9. The first-order valence-electron chi connectivity index (χ1n) is 20.3. The predicted molar refractivity (Wildman–Crippen MR) is 233 cm³/mol. The van der Waals surface area contributed by atoms with Gasteiger partial charge in [-0.15, -0.1) is 0 Å². The maximum Gasteiger partial charge on any atom is 0.407 e. The molecule has 4 atom stereocenters. The Morgan fingerprint density at radius 3 is 1.48 bits per heavy atom. The molecule has 0 fully saturated rings. The normalized spacial score (nSPS) is 12.8. The summed E-state index contributed by atoms with van der Waals surface area (Å²) in [5.41, 5.74) is 20.1. The van der Waals surface area contributed by atoms with Crippen LogP contribution in [0.15, 0.2) is 78.9 Å². The number of amides is 6. The van der Waals surface area contributed by atoms with E-state index >= 15 is 0 Å². The van der Waals surface area contributed by atoms with Gasteiger partial charge in [0, 0.05) is 47.2 Å². The molecule has 3 aromatic carbocycles. The van der Waals surface area contributed by atoms with E-state index in [2.05, 4.69) is 26.6 Å². The number of nitrogens with one attached hydrogen (secondary N) is 5. The van der Waals surface area contributed by atoms with Gasteiger partial charge in [0.25, 0.3) is 0 Å². The average molecular weight is 886 g/mol. The highest BCUT2D eigenvalue weighted by Gasteiger charge is 2.27. The maximum absolute atomic E-state index is 13.5. The zero-order valence-corrected chi connectivity index (χ0v) is 35.7. The molecule has 0 saturated heterocycles. The molecule has 16 nitrogen and oxygen atoms in total. The van der Waals surface area contributed by atoms with Crippen molar-refractivity contribution in [1.29, 1.82) is 0 Å². The second kappa shape index (κ2) is 28.2. The molecule has 0 spiro atoms. The van der Waals surface area contributed by atoms with Crippen molar-refractivity contribution >= 4 is 59.0 Å². The minimum atomic E-state index is -1.05. The number of ether oxygens (including phenoxy) is 2. The minimum Gasteiger partial charge on any atom is -0.445 e. The summed E-state index contributed by atoms with van der Waals surface area (Å²) in [6.45, 7) is 0.982. The van der Waals surface area contributed by atoms with Crippen molar-refractivity contribution in [2.45, 2.75) is 102 Å². The monoisotopic (exact) mass is 884 g/mol. The summed E-state index contributed by atoms with van der Waals surface area (Å²) >= 11 is 12.2. The third kappa shape index (κ3) is 20.1. The SMILES string of the molecule is NC(=O)[C@H](Cc1ccccc1)NC(=O)[C@H](CCCCNC(=O)[C@@H](N)CCCCNC(=O)OCc1ccccc1Cl)NC(=O)[C@@H](N)CCCCNC(=O)OCc1ccccc1Cl. The molecule has 11 N–H and O–H groups in total. The van der Waals surface area contributed by atoms with E-state index in [0.717, 1.165) is 5.56 Å². The van der Waals surface area contributed by atoms with Crippen LogP contribution >= 0.6 is 23.2 Å². The van der Waals surface area contributed by atoms with E-state index in [9.17, 15) is 28.8 Å². The van der Waals surface area contributed by atoms with Crippen LogP contribution in [0, 0.1) is 0 Å². The third-order valence-electron chi connectivity index (χ3n) is 9.52. The van der Waals surface area contributed by atoms with Crippen LogP contribution in [0.4, 0.5) is 9.59 Å². The summed E-state index contributed by atoms with van der Waals surface area (Å²) in [5.74, 6) is -2.23. The number of unbranched alkanes of at least 4 members (excludes halogenated alkanes) is 3. The molecule has 3 aromatic rings. The van der Waals surface area contributed by atoms with Crippen LogP contribution in [0.5, 0.6) is 0 Å². The Morgan fingerprint density at radius 1 is 0.525 bits per heavy atom. The van der Waals surface area contributed by atoms with Gasteiger partial charge in [-0.25, -0.2) is 9.59 Å². The zero-order chi connectivity index (χ0) is 44.4. The topological polar surface area (TPSA) is 259 Å². The van der Waals surface area contributed by atoms with E-state index in [1.165, 1.54) is 0 Å². The van der Waals surface area contributed by atoms with Crippen molar-refractivity contribution in [3.05, 3.63) is 106 Å². The second-order valence-corrected chi connectivity index (χ2v) is 15.2. The molecule has 0 bridgehead atoms. The molecule has 332 valence electrons. The highest BCUT2D eigenvalue weighted by molar-refractivity contribution is 6.31. The Morgan fingerprint density at radius 2 is 0.967 bits per heavy atom. The molecule has 0 saturated carbocycles. The summed E-state index contributed by atoms with van der Waals surface area (Å²) < 4.78 is 10.4. The van der Waals surface area contributed by atoms with Gasteiger partial charge < -0.3 is 53.3 Å². The lowest BCUT2D eigenvalue weighted by Gasteiger charge is -2.23. The molecule has 0 radical (unpaired) electrons. The standard InChI is InChI=1S/C43H58Cl2N8O8/c44-32-18-6-4-16-30(32)27-60-42(58)50-24-11-8-20-34(46)39(55)49-23-13-10-22-36(41(57)53-37(38(48)54)26-29-14-2-1-3-15-29)52-40(56)35(47)21-9-12-25-51-43(59)61-28-31-17-5-7-19-33(31)45/h1-7,14-19,34-37H,8-13,20-28,46-47H2,(H2,48,54)(H,49,55)(H,50,58)(H,51,59)(H,52,56)(H,53,57)/t34-,35-,36-,37-/m0/s1. The smallest absolute Gasteiger partial charge is 0.407 e. The summed E-state index contributed by atoms with van der Waals surface area (Å²) in [5, 5.41) is 14.5. The van der Waals surface area contributed by atoms with Gasteiger partial charge in [-0.1, -0.05) is 89.9 Å². The second-order valence-electron chi connectivity index (χ2n) is 14.4. The van der Waals surface area contributed by atoms with Crippen LogP contribution in [-0.4, -0.2) is 79.6 Å². The average Bonchev–Trinajstić information content (AvgIpc) is 3.24. The fourth-order valence-corrected chi connectivity index (χ4v) is 6.33. The number of rotatable bonds is 27. The van der Waals surface area contributed by atoms with Gasteiger partial charge >= 0.3 is 12.2 Å². The Kier molecular flexibility index (Phi) is 23.1. The van der Waals surface area contributed by atoms with Crippen LogP contribution in [0.2, 0.25) is 10.0 Å². The molecule has 0 heterocycles. The molecule has 0 aliphatic carbocycles. The van der Waals surface area contributed by atoms with Crippen molar-refractivity contribution in [2.24, 2.45) is 17.2 Å². The lowest BCUT2D eigenvalue weighted by molar-refractivity contribution is -0.132. The number of carbonyl (C=O) groups is 6. The van der Waals surface area contributed by atoms with Gasteiger partial charge in [0.15, 0.2) is 0 Å². The largest absolute Gasteiger partial charge is 0.445 e. The van der Waals surface area contributed by atoms with E-state index in [0.29, 0.717) is 79.2 Å². The Bertz CT molecular complexity index is 1860. The number of carbonyl (C=O) groups excluding carboxylic acids is 6. The summed E-state index contributed by atoms with van der Waals surface area (Å²) in [6.07, 6.45) is 2.89. The van der Waals surface area contributed by atoms with E-state index in [-0.39, 0.29) is 44.9 Å². The highest BCUT2D eigenvalue weighted by Crippen LogP contribution is 2.17. The van der Waals surface area contributed by atoms with Gasteiger partial charge in [0.05, 0.1) is 12.1 Å². The van der Waals surface area contributed by atoms with E-state index in [1.807, 2.05) is 6.07 Å². The van der Waals surface area contributed by atoms with Gasteiger partial charge in [0.2, 0.25) is 23.6 Å². The first-order valence-corrected chi connectivity index (χ1v) is 21.1. The molecule has 61 heavy (non-hydrogen) atoms. The molecule has 0 aromatic heterocycles. The maximum atomic E-state index is 13.5. The number of nitrogens with two attached hydrogens (primary N) is 3. The fraction of sp³-hybridized carbons (Fsp3) is 0.442. The number of alkyl carbamates (subject to hydrolysis) is 2. The molecule has 0 aliphatic heterocycles. The molecule has 0 aliphatic rings. The molecule has 3 rings (SSSR count). The molecular formula is C43H58Cl2N8O8. The fourth-order valence-electron chi connectivity index (χ4n) is 5.95. The third-order valence-corrected chi connectivity index (χ3v) is 10.3. The van der Waals surface area contributed by atoms with Crippen molar-refractivity contribution in [1.82, 2.24) is 26.6 Å².